The van der Waals surface area contributed by atoms with Crippen molar-refractivity contribution in [2.75, 3.05) is 12.4 Å². The van der Waals surface area contributed by atoms with Crippen molar-refractivity contribution in [1.29, 1.82) is 0 Å². The minimum Gasteiger partial charge on any atom is -0.457 e. The Hall–Kier alpha value is -4.66. The van der Waals surface area contributed by atoms with E-state index in [1.54, 1.807) is 43.6 Å². The quantitative estimate of drug-likeness (QED) is 0.398. The van der Waals surface area contributed by atoms with Gasteiger partial charge in [-0.05, 0) is 30.3 Å². The summed E-state index contributed by atoms with van der Waals surface area (Å²) in [7, 11) is 1.55. The lowest BCUT2D eigenvalue weighted by Gasteiger charge is -2.06. The number of hydrogen-bond donors (Lipinski definition) is 2. The van der Waals surface area contributed by atoms with E-state index in [4.69, 9.17) is 13.6 Å². The maximum Gasteiger partial charge on any atom is 0.300 e. The number of carbonyl (C=O) groups is 1. The zero-order valence-electron chi connectivity index (χ0n) is 16.9. The second kappa shape index (κ2) is 8.23. The number of pyridine rings is 1. The molecule has 0 bridgehead atoms. The molecule has 0 radical (unpaired) electrons. The van der Waals surface area contributed by atoms with Crippen LogP contribution >= 0.6 is 0 Å². The SMILES string of the molecule is CNC(=O)c1cc(Oc2ccc3nc(Nc4ccccc4-c4cnco4)oc3c2)ccn1. The van der Waals surface area contributed by atoms with Crippen LogP contribution in [0.2, 0.25) is 0 Å². The Morgan fingerprint density at radius 1 is 1.06 bits per heavy atom. The number of hydrogen-bond acceptors (Lipinski definition) is 8. The Bertz CT molecular complexity index is 1390. The highest BCUT2D eigenvalue weighted by Gasteiger charge is 2.13. The van der Waals surface area contributed by atoms with Gasteiger partial charge < -0.3 is 24.2 Å². The fourth-order valence-electron chi connectivity index (χ4n) is 3.16. The van der Waals surface area contributed by atoms with Crippen molar-refractivity contribution in [2.45, 2.75) is 0 Å². The van der Waals surface area contributed by atoms with Crippen molar-refractivity contribution < 1.29 is 18.4 Å². The van der Waals surface area contributed by atoms with E-state index in [-0.39, 0.29) is 11.6 Å². The van der Waals surface area contributed by atoms with Crippen molar-refractivity contribution in [1.82, 2.24) is 20.3 Å². The molecule has 0 aliphatic heterocycles. The van der Waals surface area contributed by atoms with Crippen LogP contribution in [0.25, 0.3) is 22.4 Å². The van der Waals surface area contributed by atoms with E-state index < -0.39 is 0 Å². The van der Waals surface area contributed by atoms with Crippen LogP contribution < -0.4 is 15.4 Å². The maximum absolute atomic E-state index is 11.8. The molecule has 3 heterocycles. The highest BCUT2D eigenvalue weighted by molar-refractivity contribution is 5.92. The van der Waals surface area contributed by atoms with Crippen molar-refractivity contribution in [3.05, 3.63) is 79.1 Å². The summed E-state index contributed by atoms with van der Waals surface area (Å²) in [6.45, 7) is 0. The molecule has 0 atom stereocenters. The molecule has 0 spiro atoms. The summed E-state index contributed by atoms with van der Waals surface area (Å²) in [5.74, 6) is 1.36. The third-order valence-electron chi connectivity index (χ3n) is 4.65. The first kappa shape index (κ1) is 19.3. The summed E-state index contributed by atoms with van der Waals surface area (Å²) >= 11 is 0. The molecule has 5 rings (SSSR count). The van der Waals surface area contributed by atoms with Crippen LogP contribution in [0.4, 0.5) is 11.7 Å². The van der Waals surface area contributed by atoms with Crippen LogP contribution in [0.3, 0.4) is 0 Å². The zero-order chi connectivity index (χ0) is 21.9. The summed E-state index contributed by atoms with van der Waals surface area (Å²) in [6.07, 6.45) is 4.54. The van der Waals surface area contributed by atoms with E-state index in [0.717, 1.165) is 11.3 Å². The van der Waals surface area contributed by atoms with E-state index >= 15 is 0 Å². The Morgan fingerprint density at radius 3 is 2.78 bits per heavy atom. The minimum absolute atomic E-state index is 0.266. The van der Waals surface area contributed by atoms with Gasteiger partial charge in [0, 0.05) is 30.9 Å². The lowest BCUT2D eigenvalue weighted by molar-refractivity contribution is 0.0958. The number of amides is 1. The van der Waals surface area contributed by atoms with Crippen LogP contribution in [0.5, 0.6) is 11.5 Å². The first-order valence-corrected chi connectivity index (χ1v) is 9.71. The molecule has 0 unspecified atom stereocenters. The number of para-hydroxylation sites is 1. The molecule has 0 saturated heterocycles. The van der Waals surface area contributed by atoms with Crippen molar-refractivity contribution in [3.8, 4) is 22.8 Å². The first-order valence-electron chi connectivity index (χ1n) is 9.71. The number of benzene rings is 2. The fraction of sp³-hybridized carbons (Fsp3) is 0.0435. The number of ether oxygens (including phenoxy) is 1. The molecule has 32 heavy (non-hydrogen) atoms. The van der Waals surface area contributed by atoms with Gasteiger partial charge >= 0.3 is 0 Å². The number of aromatic nitrogens is 3. The molecule has 9 heteroatoms. The average Bonchev–Trinajstić information content (AvgIpc) is 3.49. The van der Waals surface area contributed by atoms with Crippen molar-refractivity contribution in [2.24, 2.45) is 0 Å². The highest BCUT2D eigenvalue weighted by atomic mass is 16.5. The lowest BCUT2D eigenvalue weighted by atomic mass is 10.1. The van der Waals surface area contributed by atoms with Gasteiger partial charge in [-0.2, -0.15) is 4.98 Å². The third kappa shape index (κ3) is 3.86. The topological polar surface area (TPSA) is 115 Å². The van der Waals surface area contributed by atoms with Gasteiger partial charge in [-0.15, -0.1) is 0 Å². The molecule has 9 nitrogen and oxygen atoms in total. The predicted octanol–water partition coefficient (Wildman–Crippen LogP) is 4.77. The summed E-state index contributed by atoms with van der Waals surface area (Å²) < 4.78 is 17.2. The van der Waals surface area contributed by atoms with Gasteiger partial charge in [0.25, 0.3) is 11.9 Å². The van der Waals surface area contributed by atoms with E-state index in [9.17, 15) is 4.79 Å². The number of oxazole rings is 2. The van der Waals surface area contributed by atoms with Gasteiger partial charge in [-0.25, -0.2) is 4.98 Å². The second-order valence-electron chi connectivity index (χ2n) is 6.74. The van der Waals surface area contributed by atoms with E-state index in [0.29, 0.717) is 34.4 Å². The van der Waals surface area contributed by atoms with Crippen molar-refractivity contribution >= 4 is 28.7 Å². The molecule has 0 fully saturated rings. The predicted molar refractivity (Wildman–Crippen MR) is 117 cm³/mol. The number of anilines is 2. The lowest BCUT2D eigenvalue weighted by Crippen LogP contribution is -2.18. The Kier molecular flexibility index (Phi) is 4.97. The van der Waals surface area contributed by atoms with Crippen LogP contribution in [-0.2, 0) is 0 Å². The molecule has 158 valence electrons. The molecule has 2 aromatic carbocycles. The summed E-state index contributed by atoms with van der Waals surface area (Å²) in [6, 6.07) is 16.5. The Morgan fingerprint density at radius 2 is 1.94 bits per heavy atom. The van der Waals surface area contributed by atoms with E-state index in [2.05, 4.69) is 25.6 Å². The zero-order valence-corrected chi connectivity index (χ0v) is 16.9. The standard InChI is InChI=1S/C23H17N5O4/c1-24-22(29)19-10-15(8-9-26-19)31-14-6-7-18-20(11-14)32-23(28-18)27-17-5-3-2-4-16(17)21-12-25-13-30-21/h2-13H,1H3,(H,24,29)(H,27,28). The molecule has 2 N–H and O–H groups in total. The monoisotopic (exact) mass is 427 g/mol. The van der Waals surface area contributed by atoms with Gasteiger partial charge in [0.15, 0.2) is 17.7 Å². The van der Waals surface area contributed by atoms with Gasteiger partial charge in [-0.3, -0.25) is 9.78 Å². The Labute approximate surface area is 182 Å². The van der Waals surface area contributed by atoms with Gasteiger partial charge in [0.2, 0.25) is 0 Å². The largest absolute Gasteiger partial charge is 0.457 e. The smallest absolute Gasteiger partial charge is 0.300 e. The molecule has 0 saturated carbocycles. The van der Waals surface area contributed by atoms with Gasteiger partial charge in [0.05, 0.1) is 11.9 Å². The van der Waals surface area contributed by atoms with Crippen LogP contribution in [-0.4, -0.2) is 27.9 Å². The minimum atomic E-state index is -0.289. The van der Waals surface area contributed by atoms with E-state index in [1.807, 2.05) is 24.3 Å². The van der Waals surface area contributed by atoms with Crippen molar-refractivity contribution in [3.63, 3.8) is 0 Å². The number of fused-ring (bicyclic) bond motifs is 1. The normalized spacial score (nSPS) is 10.8. The Balaban J connectivity index is 1.39. The molecule has 5 aromatic rings. The number of nitrogens with one attached hydrogen (secondary N) is 2. The third-order valence-corrected chi connectivity index (χ3v) is 4.65. The van der Waals surface area contributed by atoms with Gasteiger partial charge in [0.1, 0.15) is 22.7 Å². The molecular weight excluding hydrogens is 410 g/mol. The fourth-order valence-corrected chi connectivity index (χ4v) is 3.16. The summed E-state index contributed by atoms with van der Waals surface area (Å²) in [5, 5.41) is 5.72. The maximum atomic E-state index is 11.8. The number of nitrogens with zero attached hydrogens (tertiary/aromatic N) is 3. The molecule has 0 aliphatic rings. The summed E-state index contributed by atoms with van der Waals surface area (Å²) in [5.41, 5.74) is 3.08. The molecular formula is C23H17N5O4. The van der Waals surface area contributed by atoms with Crippen LogP contribution in [0.1, 0.15) is 10.5 Å². The number of rotatable bonds is 6. The number of carbonyl (C=O) groups excluding carboxylic acids is 1. The highest BCUT2D eigenvalue weighted by Crippen LogP contribution is 2.32. The second-order valence-corrected chi connectivity index (χ2v) is 6.74. The first-order chi connectivity index (χ1) is 15.7. The summed E-state index contributed by atoms with van der Waals surface area (Å²) in [4.78, 5) is 24.3. The molecule has 3 aromatic heterocycles. The average molecular weight is 427 g/mol. The molecule has 1 amide bonds. The van der Waals surface area contributed by atoms with Gasteiger partial charge in [-0.1, -0.05) is 12.1 Å². The van der Waals surface area contributed by atoms with Crippen LogP contribution in [0, 0.1) is 0 Å². The molecule has 0 aliphatic carbocycles. The van der Waals surface area contributed by atoms with E-state index in [1.165, 1.54) is 12.6 Å². The van der Waals surface area contributed by atoms with Crippen LogP contribution in [0.15, 0.2) is 82.2 Å².